The van der Waals surface area contributed by atoms with Gasteiger partial charge in [0.1, 0.15) is 23.6 Å². The summed E-state index contributed by atoms with van der Waals surface area (Å²) >= 11 is 0. The zero-order valence-electron chi connectivity index (χ0n) is 16.6. The Morgan fingerprint density at radius 3 is 2.68 bits per heavy atom. The summed E-state index contributed by atoms with van der Waals surface area (Å²) in [4.78, 5) is 13.8. The van der Waals surface area contributed by atoms with Gasteiger partial charge in [0.05, 0.1) is 7.11 Å². The van der Waals surface area contributed by atoms with Gasteiger partial charge in [0.2, 0.25) is 5.88 Å². The van der Waals surface area contributed by atoms with Gasteiger partial charge in [0.25, 0.3) is 0 Å². The largest absolute Gasteiger partial charge is 0.481 e. The van der Waals surface area contributed by atoms with Gasteiger partial charge in [-0.25, -0.2) is 9.97 Å². The normalized spacial score (nSPS) is 20.8. The molecule has 3 heterocycles. The molecular weight excluding hydrogens is 354 g/mol. The molecule has 0 N–H and O–H groups in total. The van der Waals surface area contributed by atoms with Gasteiger partial charge in [-0.1, -0.05) is 5.16 Å². The molecule has 0 unspecified atom stereocenters. The van der Waals surface area contributed by atoms with E-state index in [4.69, 9.17) is 9.26 Å². The van der Waals surface area contributed by atoms with Crippen molar-refractivity contribution < 1.29 is 9.26 Å². The van der Waals surface area contributed by atoms with Crippen LogP contribution < -0.4 is 9.64 Å². The van der Waals surface area contributed by atoms with Crippen LogP contribution in [0.25, 0.3) is 0 Å². The number of piperidine rings is 1. The fraction of sp³-hybridized carbons (Fsp3) is 0.667. The molecule has 0 aromatic carbocycles. The lowest BCUT2D eigenvalue weighted by atomic mass is 9.96. The quantitative estimate of drug-likeness (QED) is 0.759. The van der Waals surface area contributed by atoms with Crippen molar-refractivity contribution in [3.05, 3.63) is 29.4 Å². The predicted molar refractivity (Wildman–Crippen MR) is 106 cm³/mol. The van der Waals surface area contributed by atoms with Crippen molar-refractivity contribution in [2.75, 3.05) is 25.1 Å². The standard InChI is InChI=1S/C21H29N5O2/c1-27-21-12-20(22-14-23-21)26(15-6-7-15)16-8-10-25(11-9-16)13-18-17-4-2-3-5-19(17)28-24-18/h12,14-16H,2-11,13H2,1H3. The Hall–Kier alpha value is -2.15. The summed E-state index contributed by atoms with van der Waals surface area (Å²) in [7, 11) is 1.66. The lowest BCUT2D eigenvalue weighted by Crippen LogP contribution is -2.46. The summed E-state index contributed by atoms with van der Waals surface area (Å²) < 4.78 is 10.9. The van der Waals surface area contributed by atoms with E-state index in [-0.39, 0.29) is 0 Å². The molecule has 0 spiro atoms. The Labute approximate surface area is 166 Å². The van der Waals surface area contributed by atoms with Crippen LogP contribution in [0.4, 0.5) is 5.82 Å². The minimum Gasteiger partial charge on any atom is -0.481 e. The summed E-state index contributed by atoms with van der Waals surface area (Å²) in [5.41, 5.74) is 2.56. The molecule has 0 amide bonds. The molecule has 28 heavy (non-hydrogen) atoms. The van der Waals surface area contributed by atoms with Crippen LogP contribution in [0.2, 0.25) is 0 Å². The van der Waals surface area contributed by atoms with Crippen LogP contribution in [0.1, 0.15) is 55.5 Å². The molecule has 0 atom stereocenters. The number of methoxy groups -OCH3 is 1. The summed E-state index contributed by atoms with van der Waals surface area (Å²) in [5, 5.41) is 4.39. The van der Waals surface area contributed by atoms with E-state index in [1.54, 1.807) is 13.4 Å². The molecule has 2 aliphatic carbocycles. The monoisotopic (exact) mass is 383 g/mol. The number of hydrogen-bond donors (Lipinski definition) is 0. The van der Waals surface area contributed by atoms with Crippen molar-refractivity contribution in [2.45, 2.75) is 70.0 Å². The zero-order valence-corrected chi connectivity index (χ0v) is 16.6. The van der Waals surface area contributed by atoms with Crippen molar-refractivity contribution in [1.29, 1.82) is 0 Å². The van der Waals surface area contributed by atoms with E-state index < -0.39 is 0 Å². The first kappa shape index (κ1) is 17.9. The summed E-state index contributed by atoms with van der Waals surface area (Å²) in [5.74, 6) is 2.79. The fourth-order valence-electron chi connectivity index (χ4n) is 4.75. The third-order valence-corrected chi connectivity index (χ3v) is 6.40. The van der Waals surface area contributed by atoms with Gasteiger partial charge in [-0.05, 0) is 44.9 Å². The van der Waals surface area contributed by atoms with E-state index in [2.05, 4.69) is 24.9 Å². The third kappa shape index (κ3) is 3.60. The number of fused-ring (bicyclic) bond motifs is 1. The minimum absolute atomic E-state index is 0.537. The van der Waals surface area contributed by atoms with Gasteiger partial charge >= 0.3 is 0 Å². The van der Waals surface area contributed by atoms with E-state index >= 15 is 0 Å². The van der Waals surface area contributed by atoms with Crippen LogP contribution in [0, 0.1) is 0 Å². The molecule has 0 radical (unpaired) electrons. The molecule has 1 saturated heterocycles. The molecule has 5 rings (SSSR count). The van der Waals surface area contributed by atoms with Gasteiger partial charge in [-0.2, -0.15) is 0 Å². The SMILES string of the molecule is COc1cc(N(C2CC2)C2CCN(Cc3noc4c3CCCC4)CC2)ncn1. The van der Waals surface area contributed by atoms with E-state index in [0.717, 1.165) is 56.9 Å². The van der Waals surface area contributed by atoms with E-state index in [0.29, 0.717) is 18.0 Å². The van der Waals surface area contributed by atoms with Gasteiger partial charge < -0.3 is 14.2 Å². The number of likely N-dealkylation sites (tertiary alicyclic amines) is 1. The Morgan fingerprint density at radius 1 is 1.11 bits per heavy atom. The van der Waals surface area contributed by atoms with Crippen LogP contribution in [0.3, 0.4) is 0 Å². The maximum Gasteiger partial charge on any atom is 0.218 e. The Bertz CT molecular complexity index is 811. The third-order valence-electron chi connectivity index (χ3n) is 6.40. The second-order valence-electron chi connectivity index (χ2n) is 8.30. The van der Waals surface area contributed by atoms with Crippen LogP contribution in [-0.2, 0) is 19.4 Å². The highest BCUT2D eigenvalue weighted by atomic mass is 16.5. The first-order chi connectivity index (χ1) is 13.8. The zero-order chi connectivity index (χ0) is 18.9. The smallest absolute Gasteiger partial charge is 0.218 e. The molecule has 7 heteroatoms. The molecule has 0 bridgehead atoms. The van der Waals surface area contributed by atoms with E-state index in [1.807, 2.05) is 6.07 Å². The highest BCUT2D eigenvalue weighted by Crippen LogP contribution is 2.36. The second-order valence-corrected chi connectivity index (χ2v) is 8.30. The number of aryl methyl sites for hydroxylation is 1. The molecule has 150 valence electrons. The van der Waals surface area contributed by atoms with Gasteiger partial charge in [-0.3, -0.25) is 4.90 Å². The van der Waals surface area contributed by atoms with Crippen LogP contribution in [0.5, 0.6) is 5.88 Å². The van der Waals surface area contributed by atoms with Crippen molar-refractivity contribution >= 4 is 5.82 Å². The molecule has 7 nitrogen and oxygen atoms in total. The van der Waals surface area contributed by atoms with Gasteiger partial charge in [0, 0.05) is 49.8 Å². The lowest BCUT2D eigenvalue weighted by molar-refractivity contribution is 0.195. The summed E-state index contributed by atoms with van der Waals surface area (Å²) in [6.07, 6.45) is 11.1. The highest BCUT2D eigenvalue weighted by molar-refractivity contribution is 5.45. The van der Waals surface area contributed by atoms with Crippen LogP contribution in [0.15, 0.2) is 16.9 Å². The number of aromatic nitrogens is 3. The first-order valence-electron chi connectivity index (χ1n) is 10.6. The van der Waals surface area contributed by atoms with Crippen molar-refractivity contribution in [3.8, 4) is 5.88 Å². The maximum absolute atomic E-state index is 5.60. The molecule has 2 aromatic heterocycles. The van der Waals surface area contributed by atoms with Crippen LogP contribution in [-0.4, -0.2) is 52.3 Å². The molecule has 2 fully saturated rings. The average molecular weight is 383 g/mol. The number of hydrogen-bond acceptors (Lipinski definition) is 7. The lowest BCUT2D eigenvalue weighted by Gasteiger charge is -2.39. The Kier molecular flexibility index (Phi) is 4.93. The maximum atomic E-state index is 5.60. The van der Waals surface area contributed by atoms with Gasteiger partial charge in [0.15, 0.2) is 0 Å². The topological polar surface area (TPSA) is 67.5 Å². The van der Waals surface area contributed by atoms with Gasteiger partial charge in [-0.15, -0.1) is 0 Å². The molecule has 1 saturated carbocycles. The number of rotatable bonds is 6. The number of nitrogens with zero attached hydrogens (tertiary/aromatic N) is 5. The van der Waals surface area contributed by atoms with Crippen molar-refractivity contribution in [2.24, 2.45) is 0 Å². The Morgan fingerprint density at radius 2 is 1.89 bits per heavy atom. The average Bonchev–Trinajstić information content (AvgIpc) is 3.50. The fourth-order valence-corrected chi connectivity index (χ4v) is 4.75. The van der Waals surface area contributed by atoms with E-state index in [9.17, 15) is 0 Å². The van der Waals surface area contributed by atoms with Crippen molar-refractivity contribution in [3.63, 3.8) is 0 Å². The minimum atomic E-state index is 0.537. The number of anilines is 1. The highest BCUT2D eigenvalue weighted by Gasteiger charge is 2.37. The van der Waals surface area contributed by atoms with Crippen LogP contribution >= 0.6 is 0 Å². The molecule has 1 aliphatic heterocycles. The number of ether oxygens (including phenoxy) is 1. The Balaban J connectivity index is 1.24. The molecule has 2 aromatic rings. The second kappa shape index (κ2) is 7.70. The van der Waals surface area contributed by atoms with Crippen molar-refractivity contribution in [1.82, 2.24) is 20.0 Å². The summed E-state index contributed by atoms with van der Waals surface area (Å²) in [6.45, 7) is 3.12. The van der Waals surface area contributed by atoms with E-state index in [1.165, 1.54) is 36.9 Å². The molecular formula is C21H29N5O2. The first-order valence-corrected chi connectivity index (χ1v) is 10.6. The predicted octanol–water partition coefficient (Wildman–Crippen LogP) is 2.99. The molecule has 3 aliphatic rings. The summed E-state index contributed by atoms with van der Waals surface area (Å²) in [6, 6.07) is 3.14.